The molecule has 0 spiro atoms. The molecule has 0 bridgehead atoms. The summed E-state index contributed by atoms with van der Waals surface area (Å²) in [6, 6.07) is 18.7. The number of rotatable bonds is 26. The summed E-state index contributed by atoms with van der Waals surface area (Å²) < 4.78 is 71.4. The molecule has 4 aromatic rings. The third kappa shape index (κ3) is 17.5. The van der Waals surface area contributed by atoms with Gasteiger partial charge in [-0.05, 0) is 96.5 Å². The molecule has 0 N–H and O–H groups in total. The number of hydrogen-bond donors (Lipinski definition) is 0. The Labute approximate surface area is 376 Å². The molecule has 0 saturated heterocycles. The number of benzene rings is 4. The van der Waals surface area contributed by atoms with Crippen molar-refractivity contribution in [3.63, 3.8) is 0 Å². The van der Waals surface area contributed by atoms with E-state index in [1.165, 1.54) is 102 Å². The van der Waals surface area contributed by atoms with Crippen LogP contribution in [0.25, 0.3) is 21.5 Å². The van der Waals surface area contributed by atoms with Crippen molar-refractivity contribution in [3.8, 4) is 0 Å². The van der Waals surface area contributed by atoms with Crippen LogP contribution in [0.3, 0.4) is 0 Å². The molecular formula is C48H70CaO6S2. The molecule has 4 rings (SSSR count). The normalized spacial score (nSPS) is 11.8. The third-order valence-corrected chi connectivity index (χ3v) is 12.9. The van der Waals surface area contributed by atoms with E-state index in [4.69, 9.17) is 0 Å². The Morgan fingerprint density at radius 1 is 0.368 bits per heavy atom. The van der Waals surface area contributed by atoms with Crippen LogP contribution < -0.4 is 0 Å². The molecule has 0 amide bonds. The van der Waals surface area contributed by atoms with Gasteiger partial charge in [-0.1, -0.05) is 179 Å². The summed E-state index contributed by atoms with van der Waals surface area (Å²) in [7, 11) is -8.98. The molecule has 6 nitrogen and oxygen atoms in total. The minimum Gasteiger partial charge on any atom is -0.744 e. The molecule has 312 valence electrons. The average Bonchev–Trinajstić information content (AvgIpc) is 3.17. The molecule has 0 unspecified atom stereocenters. The molecule has 0 heterocycles. The molecule has 0 aromatic heterocycles. The summed E-state index contributed by atoms with van der Waals surface area (Å²) in [4.78, 5) is -0.109. The van der Waals surface area contributed by atoms with Gasteiger partial charge in [-0.15, -0.1) is 0 Å². The number of unbranched alkanes of at least 4 members (excludes halogenated alkanes) is 16. The van der Waals surface area contributed by atoms with Crippen LogP contribution in [0.15, 0.2) is 70.5 Å². The van der Waals surface area contributed by atoms with Crippen molar-refractivity contribution in [1.82, 2.24) is 0 Å². The van der Waals surface area contributed by atoms with Crippen LogP contribution in [-0.4, -0.2) is 63.7 Å². The monoisotopic (exact) mass is 846 g/mol. The molecule has 9 heteroatoms. The Hall–Kier alpha value is -1.52. The van der Waals surface area contributed by atoms with Crippen molar-refractivity contribution in [2.75, 3.05) is 0 Å². The van der Waals surface area contributed by atoms with Crippen LogP contribution in [-0.2, 0) is 45.9 Å². The zero-order valence-corrected chi connectivity index (χ0v) is 39.6. The van der Waals surface area contributed by atoms with Crippen molar-refractivity contribution in [3.05, 3.63) is 82.9 Å². The molecule has 0 aliphatic heterocycles. The van der Waals surface area contributed by atoms with Gasteiger partial charge in [0.2, 0.25) is 0 Å². The van der Waals surface area contributed by atoms with Gasteiger partial charge >= 0.3 is 37.7 Å². The molecule has 57 heavy (non-hydrogen) atoms. The molecule has 0 saturated carbocycles. The summed E-state index contributed by atoms with van der Waals surface area (Å²) >= 11 is 0. The first-order valence-corrected chi connectivity index (χ1v) is 24.8. The summed E-state index contributed by atoms with van der Waals surface area (Å²) in [6.45, 7) is 8.80. The topological polar surface area (TPSA) is 114 Å². The van der Waals surface area contributed by atoms with Crippen molar-refractivity contribution in [2.24, 2.45) is 0 Å². The number of fused-ring (bicyclic) bond motifs is 2. The maximum atomic E-state index is 11.9. The second kappa shape index (κ2) is 28.1. The van der Waals surface area contributed by atoms with E-state index in [0.717, 1.165) is 97.2 Å². The van der Waals surface area contributed by atoms with E-state index in [1.807, 2.05) is 48.5 Å². The van der Waals surface area contributed by atoms with Gasteiger partial charge in [-0.25, -0.2) is 16.8 Å². The SMILES string of the molecule is CCCCCCCc1ccc(S(=O)(=O)[O-])c2c(CCCCCCC)cccc12.CCCCCCCc1ccc(S(=O)(=O)[O-])c2c(CCCCCCC)cccc12.[Ca+2]. The van der Waals surface area contributed by atoms with Crippen molar-refractivity contribution < 1.29 is 25.9 Å². The molecule has 0 atom stereocenters. The second-order valence-electron chi connectivity index (χ2n) is 15.7. The van der Waals surface area contributed by atoms with Gasteiger partial charge in [0.05, 0.1) is 9.79 Å². The quantitative estimate of drug-likeness (QED) is 0.0353. The van der Waals surface area contributed by atoms with Crippen LogP contribution in [0.4, 0.5) is 0 Å². The molecule has 0 aliphatic carbocycles. The predicted molar refractivity (Wildman–Crippen MR) is 239 cm³/mol. The Bertz CT molecular complexity index is 1830. The van der Waals surface area contributed by atoms with Gasteiger partial charge in [0.15, 0.2) is 0 Å². The van der Waals surface area contributed by atoms with E-state index in [9.17, 15) is 25.9 Å². The summed E-state index contributed by atoms with van der Waals surface area (Å²) in [5.41, 5.74) is 4.31. The summed E-state index contributed by atoms with van der Waals surface area (Å²) in [6.07, 6.45) is 27.1. The van der Waals surface area contributed by atoms with Gasteiger partial charge < -0.3 is 9.11 Å². The van der Waals surface area contributed by atoms with E-state index in [2.05, 4.69) is 27.7 Å². The minimum absolute atomic E-state index is 0. The average molecular weight is 847 g/mol. The minimum atomic E-state index is -4.49. The Balaban J connectivity index is 0.000000387. The maximum absolute atomic E-state index is 11.9. The number of hydrogen-bond acceptors (Lipinski definition) is 6. The smallest absolute Gasteiger partial charge is 0.744 e. The standard InChI is InChI=1S/2C24H36O3S.Ca/c2*1-3-5-7-9-11-14-20-18-19-23(28(25,26)27)24-21(16-13-17-22(20)24)15-12-10-8-6-4-2;/h2*13,16-19H,3-12,14-15H2,1-2H3,(H,25,26,27);/q;;+2/p-2. The van der Waals surface area contributed by atoms with Crippen molar-refractivity contribution in [1.29, 1.82) is 0 Å². The molecule has 0 aliphatic rings. The molecule has 0 radical (unpaired) electrons. The van der Waals surface area contributed by atoms with Crippen LogP contribution in [0, 0.1) is 0 Å². The zero-order chi connectivity index (χ0) is 40.8. The van der Waals surface area contributed by atoms with Gasteiger partial charge in [0.1, 0.15) is 20.2 Å². The van der Waals surface area contributed by atoms with Crippen LogP contribution in [0.2, 0.25) is 0 Å². The Kier molecular flexibility index (Phi) is 25.4. The van der Waals surface area contributed by atoms with Gasteiger partial charge in [0.25, 0.3) is 0 Å². The predicted octanol–water partition coefficient (Wildman–Crippen LogP) is 13.2. The molecular weight excluding hydrogens is 777 g/mol. The first-order chi connectivity index (χ1) is 27.0. The van der Waals surface area contributed by atoms with Crippen LogP contribution in [0.1, 0.15) is 178 Å². The van der Waals surface area contributed by atoms with Gasteiger partial charge in [0, 0.05) is 10.8 Å². The fourth-order valence-electron chi connectivity index (χ4n) is 7.96. The van der Waals surface area contributed by atoms with E-state index >= 15 is 0 Å². The molecule has 0 fully saturated rings. The first kappa shape index (κ1) is 51.6. The van der Waals surface area contributed by atoms with E-state index in [0.29, 0.717) is 10.8 Å². The zero-order valence-electron chi connectivity index (χ0n) is 35.7. The van der Waals surface area contributed by atoms with Crippen molar-refractivity contribution in [2.45, 2.75) is 192 Å². The van der Waals surface area contributed by atoms with Crippen LogP contribution >= 0.6 is 0 Å². The van der Waals surface area contributed by atoms with E-state index in [-0.39, 0.29) is 47.5 Å². The van der Waals surface area contributed by atoms with Gasteiger partial charge in [-0.3, -0.25) is 0 Å². The third-order valence-electron chi connectivity index (χ3n) is 11.1. The largest absolute Gasteiger partial charge is 2.00 e. The summed E-state index contributed by atoms with van der Waals surface area (Å²) in [5, 5.41) is 3.22. The Morgan fingerprint density at radius 3 is 0.930 bits per heavy atom. The fourth-order valence-corrected chi connectivity index (χ4v) is 9.41. The first-order valence-electron chi connectivity index (χ1n) is 22.0. The fraction of sp³-hybridized carbons (Fsp3) is 0.583. The van der Waals surface area contributed by atoms with E-state index < -0.39 is 20.2 Å². The van der Waals surface area contributed by atoms with Gasteiger partial charge in [-0.2, -0.15) is 0 Å². The Morgan fingerprint density at radius 2 is 0.649 bits per heavy atom. The summed E-state index contributed by atoms with van der Waals surface area (Å²) in [5.74, 6) is 0. The number of aryl methyl sites for hydroxylation is 4. The van der Waals surface area contributed by atoms with Crippen molar-refractivity contribution >= 4 is 79.5 Å². The maximum Gasteiger partial charge on any atom is 2.00 e. The van der Waals surface area contributed by atoms with Crippen LogP contribution in [0.5, 0.6) is 0 Å². The second-order valence-corrected chi connectivity index (χ2v) is 18.4. The molecule has 4 aromatic carbocycles. The van der Waals surface area contributed by atoms with E-state index in [1.54, 1.807) is 0 Å².